The van der Waals surface area contributed by atoms with Crippen molar-refractivity contribution in [2.45, 2.75) is 46.3 Å². The van der Waals surface area contributed by atoms with Crippen LogP contribution in [0.2, 0.25) is 0 Å². The predicted molar refractivity (Wildman–Crippen MR) is 76.4 cm³/mol. The molecule has 1 atom stereocenters. The van der Waals surface area contributed by atoms with Crippen LogP contribution in [0.1, 0.15) is 34.1 Å². The standard InChI is InChI=1S/C12H22N6O2/c1-5-6-14-9(19)8(4)15-11-16-10(13)17-12(18-11)20-7(2)3/h7-8H,5-6H2,1-4H3,(H,14,19)(H3,13,15,16,17,18). The molecule has 4 N–H and O–H groups in total. The second kappa shape index (κ2) is 7.46. The molecule has 0 saturated carbocycles. The number of carbonyl (C=O) groups is 1. The quantitative estimate of drug-likeness (QED) is 0.669. The van der Waals surface area contributed by atoms with E-state index in [4.69, 9.17) is 10.5 Å². The number of nitrogen functional groups attached to an aromatic ring is 1. The number of rotatable bonds is 7. The van der Waals surface area contributed by atoms with Crippen molar-refractivity contribution in [2.75, 3.05) is 17.6 Å². The fourth-order valence-electron chi connectivity index (χ4n) is 1.36. The first-order chi connectivity index (χ1) is 9.42. The normalized spacial score (nSPS) is 12.1. The predicted octanol–water partition coefficient (Wildman–Crippen LogP) is 0.568. The van der Waals surface area contributed by atoms with Crippen LogP contribution in [0.5, 0.6) is 6.01 Å². The number of nitrogens with zero attached hydrogens (tertiary/aromatic N) is 3. The number of carbonyl (C=O) groups excluding carboxylic acids is 1. The minimum Gasteiger partial charge on any atom is -0.461 e. The average Bonchev–Trinajstić information content (AvgIpc) is 2.34. The largest absolute Gasteiger partial charge is 0.461 e. The van der Waals surface area contributed by atoms with Crippen LogP contribution in [0.4, 0.5) is 11.9 Å². The summed E-state index contributed by atoms with van der Waals surface area (Å²) in [6, 6.07) is -0.341. The van der Waals surface area contributed by atoms with Crippen LogP contribution >= 0.6 is 0 Å². The Morgan fingerprint density at radius 1 is 1.30 bits per heavy atom. The summed E-state index contributed by atoms with van der Waals surface area (Å²) in [5.41, 5.74) is 5.58. The van der Waals surface area contributed by atoms with Gasteiger partial charge in [-0.25, -0.2) is 0 Å². The lowest BCUT2D eigenvalue weighted by atomic mass is 10.3. The topological polar surface area (TPSA) is 115 Å². The van der Waals surface area contributed by atoms with E-state index in [1.165, 1.54) is 0 Å². The van der Waals surface area contributed by atoms with Crippen LogP contribution in [0.25, 0.3) is 0 Å². The fraction of sp³-hybridized carbons (Fsp3) is 0.667. The Bertz CT molecular complexity index is 452. The molecule has 112 valence electrons. The number of nitrogens with two attached hydrogens (primary N) is 1. The lowest BCUT2D eigenvalue weighted by Crippen LogP contribution is -2.38. The van der Waals surface area contributed by atoms with Crippen LogP contribution < -0.4 is 21.1 Å². The number of hydrogen-bond acceptors (Lipinski definition) is 7. The molecular formula is C12H22N6O2. The Labute approximate surface area is 118 Å². The van der Waals surface area contributed by atoms with Crippen molar-refractivity contribution in [2.24, 2.45) is 0 Å². The zero-order valence-corrected chi connectivity index (χ0v) is 12.3. The summed E-state index contributed by atoms with van der Waals surface area (Å²) in [6.45, 7) is 8.04. The molecule has 0 spiro atoms. The maximum atomic E-state index is 11.7. The molecule has 8 heteroatoms. The maximum absolute atomic E-state index is 11.7. The Morgan fingerprint density at radius 3 is 2.60 bits per heavy atom. The van der Waals surface area contributed by atoms with E-state index < -0.39 is 6.04 Å². The van der Waals surface area contributed by atoms with Crippen molar-refractivity contribution in [1.29, 1.82) is 0 Å². The summed E-state index contributed by atoms with van der Waals surface area (Å²) < 4.78 is 5.36. The van der Waals surface area contributed by atoms with Crippen molar-refractivity contribution in [3.63, 3.8) is 0 Å². The van der Waals surface area contributed by atoms with Gasteiger partial charge >= 0.3 is 6.01 Å². The summed E-state index contributed by atoms with van der Waals surface area (Å²) in [6.07, 6.45) is 0.804. The molecule has 0 aromatic carbocycles. The van der Waals surface area contributed by atoms with Crippen molar-refractivity contribution in [3.05, 3.63) is 0 Å². The third-order valence-corrected chi connectivity index (χ3v) is 2.26. The van der Waals surface area contributed by atoms with Gasteiger partial charge in [0.15, 0.2) is 0 Å². The number of amides is 1. The zero-order chi connectivity index (χ0) is 15.1. The van der Waals surface area contributed by atoms with E-state index in [2.05, 4.69) is 25.6 Å². The number of aromatic nitrogens is 3. The van der Waals surface area contributed by atoms with Crippen LogP contribution in [-0.2, 0) is 4.79 Å². The van der Waals surface area contributed by atoms with Gasteiger partial charge < -0.3 is 21.1 Å². The lowest BCUT2D eigenvalue weighted by Gasteiger charge is -2.14. The van der Waals surface area contributed by atoms with E-state index in [0.29, 0.717) is 6.54 Å². The third kappa shape index (κ3) is 5.25. The van der Waals surface area contributed by atoms with Gasteiger partial charge in [0.2, 0.25) is 17.8 Å². The summed E-state index contributed by atoms with van der Waals surface area (Å²) in [4.78, 5) is 23.6. The molecule has 1 rings (SSSR count). The molecular weight excluding hydrogens is 260 g/mol. The molecule has 1 aromatic rings. The molecule has 0 radical (unpaired) electrons. The minimum atomic E-state index is -0.477. The van der Waals surface area contributed by atoms with Crippen LogP contribution in [0.15, 0.2) is 0 Å². The van der Waals surface area contributed by atoms with Gasteiger partial charge in [0.05, 0.1) is 6.10 Å². The van der Waals surface area contributed by atoms with Gasteiger partial charge in [0, 0.05) is 6.54 Å². The van der Waals surface area contributed by atoms with Crippen LogP contribution in [0.3, 0.4) is 0 Å². The SMILES string of the molecule is CCCNC(=O)C(C)Nc1nc(N)nc(OC(C)C)n1. The highest BCUT2D eigenvalue weighted by Gasteiger charge is 2.15. The van der Waals surface area contributed by atoms with Crippen LogP contribution in [0, 0.1) is 0 Å². The molecule has 8 nitrogen and oxygen atoms in total. The number of anilines is 2. The first kappa shape index (κ1) is 15.9. The second-order valence-corrected chi connectivity index (χ2v) is 4.62. The Morgan fingerprint density at radius 2 is 2.00 bits per heavy atom. The Kier molecular flexibility index (Phi) is 5.95. The van der Waals surface area contributed by atoms with Crippen molar-refractivity contribution in [1.82, 2.24) is 20.3 Å². The highest BCUT2D eigenvalue weighted by atomic mass is 16.5. The fourth-order valence-corrected chi connectivity index (χ4v) is 1.36. The first-order valence-electron chi connectivity index (χ1n) is 6.64. The molecule has 1 aromatic heterocycles. The molecule has 0 bridgehead atoms. The van der Waals surface area contributed by atoms with Gasteiger partial charge in [-0.3, -0.25) is 4.79 Å². The summed E-state index contributed by atoms with van der Waals surface area (Å²) in [5, 5.41) is 5.65. The van der Waals surface area contributed by atoms with E-state index in [0.717, 1.165) is 6.42 Å². The van der Waals surface area contributed by atoms with Gasteiger partial charge in [-0.1, -0.05) is 6.92 Å². The molecule has 0 aliphatic rings. The van der Waals surface area contributed by atoms with E-state index in [-0.39, 0.29) is 29.9 Å². The molecule has 1 heterocycles. The number of ether oxygens (including phenoxy) is 1. The maximum Gasteiger partial charge on any atom is 0.323 e. The lowest BCUT2D eigenvalue weighted by molar-refractivity contribution is -0.121. The zero-order valence-electron chi connectivity index (χ0n) is 12.3. The summed E-state index contributed by atoms with van der Waals surface area (Å²) >= 11 is 0. The first-order valence-corrected chi connectivity index (χ1v) is 6.64. The van der Waals surface area contributed by atoms with Crippen molar-refractivity contribution >= 4 is 17.8 Å². The van der Waals surface area contributed by atoms with Gasteiger partial charge in [-0.15, -0.1) is 0 Å². The Balaban J connectivity index is 2.71. The van der Waals surface area contributed by atoms with Crippen molar-refractivity contribution in [3.8, 4) is 6.01 Å². The third-order valence-electron chi connectivity index (χ3n) is 2.26. The highest BCUT2D eigenvalue weighted by molar-refractivity contribution is 5.83. The van der Waals surface area contributed by atoms with Gasteiger partial charge in [0.1, 0.15) is 6.04 Å². The second-order valence-electron chi connectivity index (χ2n) is 4.62. The van der Waals surface area contributed by atoms with Crippen LogP contribution in [-0.4, -0.2) is 39.5 Å². The van der Waals surface area contributed by atoms with Crippen molar-refractivity contribution < 1.29 is 9.53 Å². The van der Waals surface area contributed by atoms with Gasteiger partial charge in [-0.05, 0) is 27.2 Å². The number of nitrogens with one attached hydrogen (secondary N) is 2. The summed E-state index contributed by atoms with van der Waals surface area (Å²) in [7, 11) is 0. The van der Waals surface area contributed by atoms with Gasteiger partial charge in [-0.2, -0.15) is 15.0 Å². The molecule has 1 unspecified atom stereocenters. The molecule has 20 heavy (non-hydrogen) atoms. The number of hydrogen-bond donors (Lipinski definition) is 3. The molecule has 0 aliphatic carbocycles. The monoisotopic (exact) mass is 282 g/mol. The van der Waals surface area contributed by atoms with E-state index >= 15 is 0 Å². The highest BCUT2D eigenvalue weighted by Crippen LogP contribution is 2.11. The molecule has 1 amide bonds. The molecule has 0 saturated heterocycles. The average molecular weight is 282 g/mol. The van der Waals surface area contributed by atoms with Gasteiger partial charge in [0.25, 0.3) is 0 Å². The Hall–Kier alpha value is -2.12. The van der Waals surface area contributed by atoms with E-state index in [9.17, 15) is 4.79 Å². The smallest absolute Gasteiger partial charge is 0.323 e. The van der Waals surface area contributed by atoms with E-state index in [1.807, 2.05) is 20.8 Å². The molecule has 0 fully saturated rings. The minimum absolute atomic E-state index is 0.0410. The van der Waals surface area contributed by atoms with E-state index in [1.54, 1.807) is 6.92 Å². The summed E-state index contributed by atoms with van der Waals surface area (Å²) in [5.74, 6) is 0.128. The molecule has 0 aliphatic heterocycles.